The highest BCUT2D eigenvalue weighted by Gasteiger charge is 2.24. The highest BCUT2D eigenvalue weighted by atomic mass is 35.5. The minimum Gasteiger partial charge on any atom is -0.325 e. The van der Waals surface area contributed by atoms with Crippen LogP contribution in [0.25, 0.3) is 0 Å². The summed E-state index contributed by atoms with van der Waals surface area (Å²) in [6.07, 6.45) is 0. The summed E-state index contributed by atoms with van der Waals surface area (Å²) in [5, 5.41) is 6.60. The van der Waals surface area contributed by atoms with Gasteiger partial charge in [0.05, 0.1) is 5.92 Å². The van der Waals surface area contributed by atoms with E-state index in [2.05, 4.69) is 10.6 Å². The van der Waals surface area contributed by atoms with Crippen molar-refractivity contribution in [3.05, 3.63) is 28.8 Å². The maximum absolute atomic E-state index is 11.7. The first-order valence-corrected chi connectivity index (χ1v) is 5.32. The van der Waals surface area contributed by atoms with Crippen LogP contribution in [0, 0.1) is 12.8 Å². The Bertz CT molecular complexity index is 388. The molecule has 0 unspecified atom stereocenters. The van der Waals surface area contributed by atoms with Crippen molar-refractivity contribution in [1.82, 2.24) is 5.32 Å². The molecular weight excluding hydrogens is 212 g/mol. The molecule has 0 aliphatic carbocycles. The Morgan fingerprint density at radius 1 is 1.53 bits per heavy atom. The highest BCUT2D eigenvalue weighted by Crippen LogP contribution is 2.21. The highest BCUT2D eigenvalue weighted by molar-refractivity contribution is 6.31. The van der Waals surface area contributed by atoms with Gasteiger partial charge in [-0.25, -0.2) is 0 Å². The summed E-state index contributed by atoms with van der Waals surface area (Å²) in [4.78, 5) is 11.7. The molecule has 0 bridgehead atoms. The largest absolute Gasteiger partial charge is 0.325 e. The summed E-state index contributed by atoms with van der Waals surface area (Å²) in [6, 6.07) is 5.50. The molecule has 3 nitrogen and oxygen atoms in total. The fraction of sp³-hybridized carbons (Fsp3) is 0.364. The molecule has 4 heteroatoms. The van der Waals surface area contributed by atoms with Gasteiger partial charge in [0.2, 0.25) is 5.91 Å². The molecule has 1 aromatic rings. The van der Waals surface area contributed by atoms with Crippen LogP contribution in [0.3, 0.4) is 0 Å². The lowest BCUT2D eigenvalue weighted by molar-refractivity contribution is -0.121. The number of hydrogen-bond acceptors (Lipinski definition) is 2. The molecule has 0 saturated carbocycles. The minimum absolute atomic E-state index is 0.0686. The van der Waals surface area contributed by atoms with Gasteiger partial charge in [0.15, 0.2) is 0 Å². The fourth-order valence-electron chi connectivity index (χ4n) is 1.44. The quantitative estimate of drug-likeness (QED) is 0.805. The van der Waals surface area contributed by atoms with Crippen molar-refractivity contribution >= 4 is 23.2 Å². The van der Waals surface area contributed by atoms with Crippen molar-refractivity contribution in [2.24, 2.45) is 5.92 Å². The van der Waals surface area contributed by atoms with E-state index in [4.69, 9.17) is 11.6 Å². The van der Waals surface area contributed by atoms with Crippen molar-refractivity contribution in [2.75, 3.05) is 18.4 Å². The van der Waals surface area contributed by atoms with Crippen molar-refractivity contribution in [3.63, 3.8) is 0 Å². The summed E-state index contributed by atoms with van der Waals surface area (Å²) in [5.74, 6) is 0.169. The molecule has 1 aliphatic rings. The molecule has 0 radical (unpaired) electrons. The predicted octanol–water partition coefficient (Wildman–Crippen LogP) is 1.81. The van der Waals surface area contributed by atoms with Crippen molar-refractivity contribution in [2.45, 2.75) is 6.92 Å². The maximum atomic E-state index is 11.7. The molecule has 15 heavy (non-hydrogen) atoms. The van der Waals surface area contributed by atoms with E-state index in [0.29, 0.717) is 5.02 Å². The summed E-state index contributed by atoms with van der Waals surface area (Å²) in [5.41, 5.74) is 1.83. The Hall–Kier alpha value is -1.06. The molecule has 0 atom stereocenters. The van der Waals surface area contributed by atoms with Crippen LogP contribution >= 0.6 is 11.6 Å². The van der Waals surface area contributed by atoms with Gasteiger partial charge in [-0.3, -0.25) is 4.79 Å². The first-order valence-electron chi connectivity index (χ1n) is 4.94. The molecule has 1 aliphatic heterocycles. The van der Waals surface area contributed by atoms with Crippen LogP contribution in [-0.4, -0.2) is 19.0 Å². The average Bonchev–Trinajstić information content (AvgIpc) is 2.08. The molecule has 1 fully saturated rings. The molecular formula is C11H13ClN2O. The Morgan fingerprint density at radius 2 is 2.27 bits per heavy atom. The summed E-state index contributed by atoms with van der Waals surface area (Å²) < 4.78 is 0. The Labute approximate surface area is 93.8 Å². The number of carbonyl (C=O) groups excluding carboxylic acids is 1. The van der Waals surface area contributed by atoms with Gasteiger partial charge >= 0.3 is 0 Å². The van der Waals surface area contributed by atoms with Crippen LogP contribution in [-0.2, 0) is 4.79 Å². The first-order chi connectivity index (χ1) is 7.16. The molecule has 80 valence electrons. The summed E-state index contributed by atoms with van der Waals surface area (Å²) in [6.45, 7) is 3.49. The van der Waals surface area contributed by atoms with Crippen molar-refractivity contribution < 1.29 is 4.79 Å². The smallest absolute Gasteiger partial charge is 0.230 e. The van der Waals surface area contributed by atoms with Crippen molar-refractivity contribution in [1.29, 1.82) is 0 Å². The number of carbonyl (C=O) groups is 1. The number of hydrogen-bond donors (Lipinski definition) is 2. The lowest BCUT2D eigenvalue weighted by Gasteiger charge is -2.26. The monoisotopic (exact) mass is 224 g/mol. The average molecular weight is 225 g/mol. The Kier molecular flexibility index (Phi) is 2.93. The van der Waals surface area contributed by atoms with Gasteiger partial charge in [-0.1, -0.05) is 17.7 Å². The van der Waals surface area contributed by atoms with Crippen LogP contribution in [0.2, 0.25) is 5.02 Å². The number of halogens is 1. The van der Waals surface area contributed by atoms with E-state index in [1.54, 1.807) is 6.07 Å². The summed E-state index contributed by atoms with van der Waals surface area (Å²) >= 11 is 5.86. The molecule has 0 spiro atoms. The van der Waals surface area contributed by atoms with Gasteiger partial charge in [0.1, 0.15) is 0 Å². The predicted molar refractivity (Wildman–Crippen MR) is 61.2 cm³/mol. The van der Waals surface area contributed by atoms with E-state index < -0.39 is 0 Å². The van der Waals surface area contributed by atoms with Gasteiger partial charge in [0, 0.05) is 23.8 Å². The van der Waals surface area contributed by atoms with E-state index in [9.17, 15) is 4.79 Å². The van der Waals surface area contributed by atoms with Crippen LogP contribution in [0.1, 0.15) is 5.56 Å². The van der Waals surface area contributed by atoms with E-state index >= 15 is 0 Å². The zero-order valence-corrected chi connectivity index (χ0v) is 9.27. The normalized spacial score (nSPS) is 15.9. The molecule has 2 N–H and O–H groups in total. The number of nitrogens with one attached hydrogen (secondary N) is 2. The third kappa shape index (κ3) is 2.30. The Morgan fingerprint density at radius 3 is 2.87 bits per heavy atom. The zero-order chi connectivity index (χ0) is 10.8. The third-order valence-electron chi connectivity index (χ3n) is 2.61. The van der Waals surface area contributed by atoms with E-state index in [-0.39, 0.29) is 11.8 Å². The van der Waals surface area contributed by atoms with E-state index in [1.165, 1.54) is 0 Å². The topological polar surface area (TPSA) is 41.1 Å². The number of aryl methyl sites for hydroxylation is 1. The number of anilines is 1. The van der Waals surface area contributed by atoms with E-state index in [0.717, 1.165) is 24.3 Å². The minimum atomic E-state index is 0.0686. The van der Waals surface area contributed by atoms with E-state index in [1.807, 2.05) is 19.1 Å². The SMILES string of the molecule is Cc1ccc(Cl)cc1NC(=O)C1CNC1. The maximum Gasteiger partial charge on any atom is 0.230 e. The number of amides is 1. The lowest BCUT2D eigenvalue weighted by Crippen LogP contribution is -2.48. The van der Waals surface area contributed by atoms with Gasteiger partial charge in [0.25, 0.3) is 0 Å². The van der Waals surface area contributed by atoms with Crippen molar-refractivity contribution in [3.8, 4) is 0 Å². The second kappa shape index (κ2) is 4.21. The molecule has 1 amide bonds. The fourth-order valence-corrected chi connectivity index (χ4v) is 1.61. The summed E-state index contributed by atoms with van der Waals surface area (Å²) in [7, 11) is 0. The molecule has 1 saturated heterocycles. The second-order valence-corrected chi connectivity index (χ2v) is 4.24. The lowest BCUT2D eigenvalue weighted by atomic mass is 10.0. The zero-order valence-electron chi connectivity index (χ0n) is 8.51. The molecule has 0 aromatic heterocycles. The van der Waals surface area contributed by atoms with Gasteiger partial charge in [-0.05, 0) is 24.6 Å². The van der Waals surface area contributed by atoms with Gasteiger partial charge < -0.3 is 10.6 Å². The van der Waals surface area contributed by atoms with Crippen LogP contribution < -0.4 is 10.6 Å². The molecule has 1 heterocycles. The third-order valence-corrected chi connectivity index (χ3v) is 2.84. The number of benzene rings is 1. The van der Waals surface area contributed by atoms with Crippen LogP contribution in [0.15, 0.2) is 18.2 Å². The first kappa shape index (κ1) is 10.5. The van der Waals surface area contributed by atoms with Gasteiger partial charge in [-0.15, -0.1) is 0 Å². The Balaban J connectivity index is 2.09. The van der Waals surface area contributed by atoms with Gasteiger partial charge in [-0.2, -0.15) is 0 Å². The van der Waals surface area contributed by atoms with Crippen LogP contribution in [0.4, 0.5) is 5.69 Å². The van der Waals surface area contributed by atoms with Crippen LogP contribution in [0.5, 0.6) is 0 Å². The second-order valence-electron chi connectivity index (χ2n) is 3.80. The standard InChI is InChI=1S/C11H13ClN2O/c1-7-2-3-9(12)4-10(7)14-11(15)8-5-13-6-8/h2-4,8,13H,5-6H2,1H3,(H,14,15). The molecule has 2 rings (SSSR count). The number of rotatable bonds is 2. The molecule has 1 aromatic carbocycles.